The fourth-order valence-corrected chi connectivity index (χ4v) is 1.91. The second kappa shape index (κ2) is 7.49. The monoisotopic (exact) mass is 225 g/mol. The molecule has 0 radical (unpaired) electrons. The van der Waals surface area contributed by atoms with Crippen molar-refractivity contribution in [1.29, 1.82) is 0 Å². The molecule has 0 atom stereocenters. The highest BCUT2D eigenvalue weighted by atomic mass is 15.3. The molecule has 92 valence electrons. The van der Waals surface area contributed by atoms with Crippen LogP contribution in [0.15, 0.2) is 5.11 Å². The van der Waals surface area contributed by atoms with Crippen molar-refractivity contribution in [3.63, 3.8) is 0 Å². The Labute approximate surface area is 98.0 Å². The maximum atomic E-state index is 8.19. The summed E-state index contributed by atoms with van der Waals surface area (Å²) in [6.45, 7) is 11.8. The van der Waals surface area contributed by atoms with Gasteiger partial charge in [-0.25, -0.2) is 0 Å². The molecule has 0 aromatic rings. The Morgan fingerprint density at radius 1 is 1.12 bits per heavy atom. The third-order valence-electron chi connectivity index (χ3n) is 3.07. The van der Waals surface area contributed by atoms with Gasteiger partial charge in [0.2, 0.25) is 0 Å². The van der Waals surface area contributed by atoms with E-state index >= 15 is 0 Å². The summed E-state index contributed by atoms with van der Waals surface area (Å²) in [5.74, 6) is 0.794. The minimum Gasteiger partial charge on any atom is -0.301 e. The average molecular weight is 225 g/mol. The predicted molar refractivity (Wildman–Crippen MR) is 66.3 cm³/mol. The molecule has 1 rings (SSSR count). The summed E-state index contributed by atoms with van der Waals surface area (Å²) in [6, 6.07) is 0. The molecule has 0 spiro atoms. The lowest BCUT2D eigenvalue weighted by Gasteiger charge is -2.34. The van der Waals surface area contributed by atoms with Crippen molar-refractivity contribution >= 4 is 0 Å². The van der Waals surface area contributed by atoms with Gasteiger partial charge in [-0.1, -0.05) is 19.0 Å². The molecule has 0 amide bonds. The van der Waals surface area contributed by atoms with Gasteiger partial charge in [0, 0.05) is 44.2 Å². The van der Waals surface area contributed by atoms with Gasteiger partial charge in [-0.2, -0.15) is 0 Å². The van der Waals surface area contributed by atoms with Gasteiger partial charge in [0.15, 0.2) is 0 Å². The molecule has 0 aliphatic carbocycles. The van der Waals surface area contributed by atoms with E-state index in [-0.39, 0.29) is 0 Å². The van der Waals surface area contributed by atoms with Gasteiger partial charge in [-0.15, -0.1) is 0 Å². The molecule has 0 bridgehead atoms. The lowest BCUT2D eigenvalue weighted by molar-refractivity contribution is 0.130. The van der Waals surface area contributed by atoms with Crippen molar-refractivity contribution in [3.05, 3.63) is 10.4 Å². The number of piperazine rings is 1. The number of azide groups is 1. The largest absolute Gasteiger partial charge is 0.301 e. The Morgan fingerprint density at radius 2 is 1.69 bits per heavy atom. The van der Waals surface area contributed by atoms with Crippen molar-refractivity contribution in [1.82, 2.24) is 9.80 Å². The molecule has 0 unspecified atom stereocenters. The normalized spacial score (nSPS) is 18.7. The van der Waals surface area contributed by atoms with Crippen molar-refractivity contribution in [2.75, 3.05) is 45.8 Å². The van der Waals surface area contributed by atoms with Crippen molar-refractivity contribution in [3.8, 4) is 0 Å². The van der Waals surface area contributed by atoms with Crippen LogP contribution in [0.1, 0.15) is 20.3 Å². The molecule has 0 N–H and O–H groups in total. The van der Waals surface area contributed by atoms with Crippen LogP contribution in [0.2, 0.25) is 0 Å². The van der Waals surface area contributed by atoms with Crippen LogP contribution >= 0.6 is 0 Å². The minimum atomic E-state index is 0.600. The molecular formula is C11H23N5. The van der Waals surface area contributed by atoms with Gasteiger partial charge in [-0.3, -0.25) is 0 Å². The van der Waals surface area contributed by atoms with Crippen molar-refractivity contribution < 1.29 is 0 Å². The zero-order chi connectivity index (χ0) is 11.8. The molecule has 5 nitrogen and oxygen atoms in total. The van der Waals surface area contributed by atoms with E-state index in [1.807, 2.05) is 0 Å². The molecule has 1 saturated heterocycles. The first kappa shape index (κ1) is 13.3. The maximum Gasteiger partial charge on any atom is 0.0385 e. The number of rotatable bonds is 6. The lowest BCUT2D eigenvalue weighted by Crippen LogP contribution is -2.47. The van der Waals surface area contributed by atoms with E-state index in [2.05, 4.69) is 33.7 Å². The Morgan fingerprint density at radius 3 is 2.19 bits per heavy atom. The summed E-state index contributed by atoms with van der Waals surface area (Å²) in [4.78, 5) is 7.68. The zero-order valence-corrected chi connectivity index (χ0v) is 10.5. The van der Waals surface area contributed by atoms with Crippen LogP contribution in [0.25, 0.3) is 10.4 Å². The molecule has 16 heavy (non-hydrogen) atoms. The molecule has 1 heterocycles. The molecule has 1 fully saturated rings. The first-order valence-corrected chi connectivity index (χ1v) is 6.18. The third-order valence-corrected chi connectivity index (χ3v) is 3.07. The molecular weight excluding hydrogens is 202 g/mol. The van der Waals surface area contributed by atoms with Crippen LogP contribution in [0.4, 0.5) is 0 Å². The molecule has 0 aromatic carbocycles. The van der Waals surface area contributed by atoms with E-state index in [0.717, 1.165) is 38.6 Å². The van der Waals surface area contributed by atoms with Crippen LogP contribution in [0, 0.1) is 5.92 Å². The van der Waals surface area contributed by atoms with Crippen molar-refractivity contribution in [2.45, 2.75) is 20.3 Å². The predicted octanol–water partition coefficient (Wildman–Crippen LogP) is 1.96. The van der Waals surface area contributed by atoms with E-state index in [4.69, 9.17) is 5.53 Å². The number of nitrogens with zero attached hydrogens (tertiary/aromatic N) is 5. The number of hydrogen-bond donors (Lipinski definition) is 0. The summed E-state index contributed by atoms with van der Waals surface area (Å²) in [7, 11) is 0. The van der Waals surface area contributed by atoms with E-state index in [1.54, 1.807) is 0 Å². The fourth-order valence-electron chi connectivity index (χ4n) is 1.91. The molecule has 0 saturated carbocycles. The quantitative estimate of drug-likeness (QED) is 0.394. The van der Waals surface area contributed by atoms with Crippen LogP contribution in [0.3, 0.4) is 0 Å². The van der Waals surface area contributed by atoms with Crippen LogP contribution in [-0.2, 0) is 0 Å². The topological polar surface area (TPSA) is 55.2 Å². The second-order valence-electron chi connectivity index (χ2n) is 4.82. The van der Waals surface area contributed by atoms with Gasteiger partial charge in [-0.05, 0) is 24.4 Å². The summed E-state index contributed by atoms with van der Waals surface area (Å²) >= 11 is 0. The van der Waals surface area contributed by atoms with Crippen LogP contribution in [-0.4, -0.2) is 55.6 Å². The molecule has 5 heteroatoms. The summed E-state index contributed by atoms with van der Waals surface area (Å²) in [5, 5.41) is 3.57. The second-order valence-corrected chi connectivity index (χ2v) is 4.82. The smallest absolute Gasteiger partial charge is 0.0385 e. The lowest BCUT2D eigenvalue weighted by atomic mass is 10.1. The number of hydrogen-bond acceptors (Lipinski definition) is 3. The molecule has 0 aromatic heterocycles. The van der Waals surface area contributed by atoms with E-state index in [1.165, 1.54) is 13.0 Å². The SMILES string of the molecule is CC(C)CCN1CCN(CCN=[N+]=[N-])CC1. The molecule has 1 aliphatic heterocycles. The van der Waals surface area contributed by atoms with Crippen LogP contribution in [0.5, 0.6) is 0 Å². The molecule has 1 aliphatic rings. The Hall–Kier alpha value is -0.770. The summed E-state index contributed by atoms with van der Waals surface area (Å²) < 4.78 is 0. The third kappa shape index (κ3) is 5.35. The van der Waals surface area contributed by atoms with Gasteiger partial charge in [0.25, 0.3) is 0 Å². The van der Waals surface area contributed by atoms with E-state index in [0.29, 0.717) is 6.54 Å². The summed E-state index contributed by atoms with van der Waals surface area (Å²) in [5.41, 5.74) is 8.19. The van der Waals surface area contributed by atoms with Gasteiger partial charge >= 0.3 is 0 Å². The van der Waals surface area contributed by atoms with Gasteiger partial charge in [0.05, 0.1) is 0 Å². The van der Waals surface area contributed by atoms with Gasteiger partial charge in [0.1, 0.15) is 0 Å². The highest BCUT2D eigenvalue weighted by Gasteiger charge is 2.15. The average Bonchev–Trinajstić information content (AvgIpc) is 2.28. The zero-order valence-electron chi connectivity index (χ0n) is 10.5. The maximum absolute atomic E-state index is 8.19. The standard InChI is InChI=1S/C11H23N5/c1-11(2)3-5-15-7-9-16(10-8-15)6-4-13-14-12/h11H,3-10H2,1-2H3. The fraction of sp³-hybridized carbons (Fsp3) is 1.00. The van der Waals surface area contributed by atoms with E-state index < -0.39 is 0 Å². The van der Waals surface area contributed by atoms with Crippen molar-refractivity contribution in [2.24, 2.45) is 11.0 Å². The highest BCUT2D eigenvalue weighted by molar-refractivity contribution is 4.72. The van der Waals surface area contributed by atoms with E-state index in [9.17, 15) is 0 Å². The Bertz CT molecular complexity index is 227. The van der Waals surface area contributed by atoms with Gasteiger partial charge < -0.3 is 9.80 Å². The first-order valence-electron chi connectivity index (χ1n) is 6.18. The Balaban J connectivity index is 2.11. The first-order chi connectivity index (χ1) is 7.72. The Kier molecular flexibility index (Phi) is 6.23. The van der Waals surface area contributed by atoms with Crippen LogP contribution < -0.4 is 0 Å². The summed E-state index contributed by atoms with van der Waals surface area (Å²) in [6.07, 6.45) is 1.29. The minimum absolute atomic E-state index is 0.600. The highest BCUT2D eigenvalue weighted by Crippen LogP contribution is 2.06.